The summed E-state index contributed by atoms with van der Waals surface area (Å²) in [6, 6.07) is 34.6. The van der Waals surface area contributed by atoms with Crippen molar-refractivity contribution in [2.45, 2.75) is 37.9 Å². The van der Waals surface area contributed by atoms with E-state index in [1.807, 2.05) is 145 Å². The minimum Gasteiger partial charge on any atom is -0.384 e. The minimum absolute atomic E-state index is 0.0349. The summed E-state index contributed by atoms with van der Waals surface area (Å²) in [7, 11) is 7.67. The number of carbonyl (C=O) groups is 4. The van der Waals surface area contributed by atoms with Crippen molar-refractivity contribution < 1.29 is 19.2 Å². The first-order valence-electron chi connectivity index (χ1n) is 22.4. The van der Waals surface area contributed by atoms with Gasteiger partial charge in [-0.15, -0.1) is 0 Å². The highest BCUT2D eigenvalue weighted by Crippen LogP contribution is 2.34. The summed E-state index contributed by atoms with van der Waals surface area (Å²) in [5.41, 5.74) is 7.37. The van der Waals surface area contributed by atoms with Gasteiger partial charge in [-0.1, -0.05) is 115 Å². The number of carbonyl (C=O) groups excluding carboxylic acids is 4. The van der Waals surface area contributed by atoms with Gasteiger partial charge in [0, 0.05) is 67.2 Å². The molecule has 0 spiro atoms. The lowest BCUT2D eigenvalue weighted by Gasteiger charge is -2.42. The SMILES string of the molecule is CC(=O)N1CCN(C(=O)C(C=CN(C)C)c2ccccc2)C(c2ncc(-c3ccc(-c4ccc(-c5cnc(C6CN(C(C)=O)CCN6C(=O)C(c6ccccc6)N(C)C)[nH]5)cc4)cc3)[nH]2)C1. The highest BCUT2D eigenvalue weighted by atomic mass is 16.2. The molecule has 2 saturated heterocycles. The van der Waals surface area contributed by atoms with E-state index in [2.05, 4.69) is 34.2 Å². The van der Waals surface area contributed by atoms with E-state index in [9.17, 15) is 19.2 Å². The van der Waals surface area contributed by atoms with Crippen LogP contribution < -0.4 is 0 Å². The molecule has 4 aromatic carbocycles. The van der Waals surface area contributed by atoms with Crippen LogP contribution in [0, 0.1) is 0 Å². The zero-order valence-corrected chi connectivity index (χ0v) is 38.5. The molecule has 6 aromatic rings. The maximum atomic E-state index is 14.4. The normalized spacial score (nSPS) is 17.6. The quantitative estimate of drug-likeness (QED) is 0.137. The van der Waals surface area contributed by atoms with Crippen molar-refractivity contribution in [3.8, 4) is 33.6 Å². The van der Waals surface area contributed by atoms with Crippen LogP contribution in [0.3, 0.4) is 0 Å². The molecule has 4 heterocycles. The molecule has 2 N–H and O–H groups in total. The maximum Gasteiger partial charge on any atom is 0.245 e. The summed E-state index contributed by atoms with van der Waals surface area (Å²) in [6.45, 7) is 5.50. The van der Waals surface area contributed by atoms with E-state index >= 15 is 0 Å². The van der Waals surface area contributed by atoms with Crippen LogP contribution in [0.1, 0.15) is 60.7 Å². The summed E-state index contributed by atoms with van der Waals surface area (Å²) in [4.78, 5) is 81.5. The van der Waals surface area contributed by atoms with Crippen LogP contribution in [-0.4, -0.2) is 140 Å². The number of H-pyrrole nitrogens is 2. The topological polar surface area (TPSA) is 145 Å². The third-order valence-electron chi connectivity index (χ3n) is 12.6. The second kappa shape index (κ2) is 19.8. The van der Waals surface area contributed by atoms with Crippen molar-refractivity contribution in [3.63, 3.8) is 0 Å². The monoisotopic (exact) mass is 886 g/mol. The number of benzene rings is 4. The number of piperazine rings is 2. The van der Waals surface area contributed by atoms with Gasteiger partial charge >= 0.3 is 0 Å². The number of amides is 4. The third kappa shape index (κ3) is 9.83. The Kier molecular flexibility index (Phi) is 13.6. The van der Waals surface area contributed by atoms with E-state index in [0.29, 0.717) is 50.9 Å². The number of rotatable bonds is 12. The van der Waals surface area contributed by atoms with Crippen LogP contribution in [0.4, 0.5) is 0 Å². The Morgan fingerprint density at radius 1 is 0.576 bits per heavy atom. The Morgan fingerprint density at radius 2 is 1.00 bits per heavy atom. The molecule has 66 heavy (non-hydrogen) atoms. The molecule has 0 bridgehead atoms. The fraction of sp³-hybridized carbons (Fsp3) is 0.308. The van der Waals surface area contributed by atoms with Gasteiger partial charge in [-0.25, -0.2) is 9.97 Å². The second-order valence-electron chi connectivity index (χ2n) is 17.5. The van der Waals surface area contributed by atoms with Gasteiger partial charge in [0.2, 0.25) is 23.6 Å². The van der Waals surface area contributed by atoms with Gasteiger partial charge in [-0.3, -0.25) is 24.1 Å². The van der Waals surface area contributed by atoms with Crippen molar-refractivity contribution in [2.75, 3.05) is 67.5 Å². The molecule has 4 amide bonds. The third-order valence-corrected chi connectivity index (χ3v) is 12.6. The second-order valence-corrected chi connectivity index (χ2v) is 17.5. The number of hydrogen-bond acceptors (Lipinski definition) is 8. The molecule has 2 aliphatic heterocycles. The molecule has 14 nitrogen and oxygen atoms in total. The molecular formula is C52H58N10O4. The van der Waals surface area contributed by atoms with Gasteiger partial charge in [-0.05, 0) is 53.7 Å². The fourth-order valence-electron chi connectivity index (χ4n) is 9.01. The first-order valence-corrected chi connectivity index (χ1v) is 22.4. The summed E-state index contributed by atoms with van der Waals surface area (Å²) in [6.07, 6.45) is 7.41. The average Bonchev–Trinajstić information content (AvgIpc) is 4.04. The van der Waals surface area contributed by atoms with Crippen molar-refractivity contribution in [3.05, 3.63) is 157 Å². The van der Waals surface area contributed by atoms with E-state index in [1.54, 1.807) is 36.0 Å². The lowest BCUT2D eigenvalue weighted by Crippen LogP contribution is -2.54. The zero-order chi connectivity index (χ0) is 46.5. The molecule has 0 aliphatic carbocycles. The average molecular weight is 887 g/mol. The predicted octanol–water partition coefficient (Wildman–Crippen LogP) is 6.76. The van der Waals surface area contributed by atoms with Crippen LogP contribution in [0.25, 0.3) is 33.6 Å². The molecule has 4 atom stereocenters. The first-order chi connectivity index (χ1) is 31.9. The van der Waals surface area contributed by atoms with Gasteiger partial charge in [0.05, 0.1) is 29.7 Å². The Bertz CT molecular complexity index is 2660. The molecule has 0 saturated carbocycles. The number of likely N-dealkylation sites (N-methyl/N-ethyl adjacent to an activating group) is 1. The number of aromatic amines is 2. The smallest absolute Gasteiger partial charge is 0.245 e. The van der Waals surface area contributed by atoms with Gasteiger partial charge < -0.3 is 34.5 Å². The van der Waals surface area contributed by atoms with Crippen molar-refractivity contribution >= 4 is 23.6 Å². The van der Waals surface area contributed by atoms with Crippen LogP contribution in [0.15, 0.2) is 134 Å². The molecule has 14 heteroatoms. The molecule has 0 radical (unpaired) electrons. The van der Waals surface area contributed by atoms with Crippen molar-refractivity contribution in [1.82, 2.24) is 49.3 Å². The molecule has 340 valence electrons. The van der Waals surface area contributed by atoms with Crippen molar-refractivity contribution in [2.24, 2.45) is 0 Å². The number of nitrogens with one attached hydrogen (secondary N) is 2. The van der Waals surface area contributed by atoms with E-state index in [-0.39, 0.29) is 23.6 Å². The minimum atomic E-state index is -0.501. The summed E-state index contributed by atoms with van der Waals surface area (Å²) < 4.78 is 0. The number of hydrogen-bond donors (Lipinski definition) is 2. The van der Waals surface area contributed by atoms with Gasteiger partial charge in [0.1, 0.15) is 29.8 Å². The highest BCUT2D eigenvalue weighted by Gasteiger charge is 2.39. The number of imidazole rings is 2. The zero-order valence-electron chi connectivity index (χ0n) is 38.5. The molecule has 4 unspecified atom stereocenters. The van der Waals surface area contributed by atoms with Crippen LogP contribution in [-0.2, 0) is 19.2 Å². The lowest BCUT2D eigenvalue weighted by atomic mass is 9.95. The summed E-state index contributed by atoms with van der Waals surface area (Å²) in [5.74, 6) is 0.595. The fourth-order valence-corrected chi connectivity index (χ4v) is 9.01. The molecular weight excluding hydrogens is 829 g/mol. The molecule has 2 aliphatic rings. The van der Waals surface area contributed by atoms with E-state index in [4.69, 9.17) is 9.97 Å². The standard InChI is InChI=1S/C52H58N10O4/c1-35(63)59-27-29-61(51(65)43(25-26-57(3)4)39-13-9-7-10-14-39)46(33-59)49-53-31-44(55-49)40-21-17-37(18-22-40)38-19-23-41(24-20-38)45-32-54-50(56-45)47-34-60(36(2)64)28-30-62(47)52(66)48(58(5)6)42-15-11-8-12-16-42/h7-26,31-32,43,46-48H,27-30,33-34H2,1-6H3,(H,53,55)(H,54,56). The first kappa shape index (κ1) is 45.3. The summed E-state index contributed by atoms with van der Waals surface area (Å²) in [5, 5.41) is 0. The Balaban J connectivity index is 0.985. The Labute approximate surface area is 386 Å². The van der Waals surface area contributed by atoms with Crippen LogP contribution >= 0.6 is 0 Å². The van der Waals surface area contributed by atoms with Crippen LogP contribution in [0.5, 0.6) is 0 Å². The lowest BCUT2D eigenvalue weighted by molar-refractivity contribution is -0.146. The van der Waals surface area contributed by atoms with Gasteiger partial charge in [-0.2, -0.15) is 0 Å². The Hall–Kier alpha value is -7.32. The number of nitrogens with zero attached hydrogens (tertiary/aromatic N) is 8. The van der Waals surface area contributed by atoms with Crippen LogP contribution in [0.2, 0.25) is 0 Å². The number of aromatic nitrogens is 4. The van der Waals surface area contributed by atoms with Gasteiger partial charge in [0.15, 0.2) is 0 Å². The molecule has 2 aromatic heterocycles. The largest absolute Gasteiger partial charge is 0.384 e. The highest BCUT2D eigenvalue weighted by molar-refractivity contribution is 5.87. The predicted molar refractivity (Wildman–Crippen MR) is 255 cm³/mol. The van der Waals surface area contributed by atoms with E-state index in [0.717, 1.165) is 44.8 Å². The molecule has 8 rings (SSSR count). The maximum absolute atomic E-state index is 14.4. The summed E-state index contributed by atoms with van der Waals surface area (Å²) >= 11 is 0. The molecule has 2 fully saturated rings. The van der Waals surface area contributed by atoms with Gasteiger partial charge in [0.25, 0.3) is 0 Å². The Morgan fingerprint density at radius 3 is 1.42 bits per heavy atom. The van der Waals surface area contributed by atoms with E-state index in [1.165, 1.54) is 0 Å². The van der Waals surface area contributed by atoms with E-state index < -0.39 is 24.0 Å². The van der Waals surface area contributed by atoms with Crippen molar-refractivity contribution in [1.29, 1.82) is 0 Å².